The van der Waals surface area contributed by atoms with E-state index >= 15 is 0 Å². The summed E-state index contributed by atoms with van der Waals surface area (Å²) in [5, 5.41) is 0. The van der Waals surface area contributed by atoms with Crippen molar-refractivity contribution in [3.8, 4) is 17.1 Å². The molecule has 0 spiro atoms. The molecule has 4 heteroatoms. The molecule has 0 fully saturated rings. The van der Waals surface area contributed by atoms with Crippen LogP contribution in [-0.2, 0) is 0 Å². The zero-order valence-corrected chi connectivity index (χ0v) is 13.9. The molecule has 0 atom stereocenters. The van der Waals surface area contributed by atoms with Gasteiger partial charge in [-0.15, -0.1) is 0 Å². The lowest BCUT2D eigenvalue weighted by Crippen LogP contribution is -2.11. The number of nitrogens with zero attached hydrogens (tertiary/aromatic N) is 2. The van der Waals surface area contributed by atoms with E-state index in [2.05, 4.69) is 9.97 Å². The van der Waals surface area contributed by atoms with Crippen molar-refractivity contribution in [1.82, 2.24) is 9.97 Å². The number of ether oxygens (including phenoxy) is 1. The molecule has 1 heterocycles. The summed E-state index contributed by atoms with van der Waals surface area (Å²) < 4.78 is 5.54. The van der Waals surface area contributed by atoms with Gasteiger partial charge in [-0.2, -0.15) is 0 Å². The zero-order valence-electron chi connectivity index (χ0n) is 13.9. The molecule has 4 nitrogen and oxygen atoms in total. The molecule has 2 aromatic carbocycles. The van der Waals surface area contributed by atoms with E-state index in [9.17, 15) is 4.79 Å². The highest BCUT2D eigenvalue weighted by Crippen LogP contribution is 2.25. The average molecular weight is 318 g/mol. The Kier molecular flexibility index (Phi) is 4.38. The highest BCUT2D eigenvalue weighted by molar-refractivity contribution is 5.90. The molecule has 0 amide bonds. The third-order valence-electron chi connectivity index (χ3n) is 3.72. The van der Waals surface area contributed by atoms with E-state index < -0.39 is 5.97 Å². The standard InChI is InChI=1S/C20H18N2O2/c1-13-9-14(2)18(15(3)10-13)24-20(23)17-11-21-19(22-12-17)16-7-5-4-6-8-16/h4-12H,1-3H3. The first-order valence-electron chi connectivity index (χ1n) is 7.72. The van der Waals surface area contributed by atoms with Crippen LogP contribution >= 0.6 is 0 Å². The molecule has 0 aliphatic heterocycles. The number of carbonyl (C=O) groups is 1. The third-order valence-corrected chi connectivity index (χ3v) is 3.72. The van der Waals surface area contributed by atoms with E-state index in [1.807, 2.05) is 63.2 Å². The van der Waals surface area contributed by atoms with Gasteiger partial charge in [0.15, 0.2) is 5.82 Å². The summed E-state index contributed by atoms with van der Waals surface area (Å²) in [5.41, 5.74) is 4.24. The number of hydrogen-bond donors (Lipinski definition) is 0. The third kappa shape index (κ3) is 3.33. The fourth-order valence-electron chi connectivity index (χ4n) is 2.65. The highest BCUT2D eigenvalue weighted by Gasteiger charge is 2.14. The Morgan fingerprint density at radius 2 is 1.50 bits per heavy atom. The lowest BCUT2D eigenvalue weighted by atomic mass is 10.1. The Hall–Kier alpha value is -3.01. The Labute approximate surface area is 141 Å². The molecule has 3 aromatic rings. The Morgan fingerprint density at radius 1 is 0.917 bits per heavy atom. The largest absolute Gasteiger partial charge is 0.422 e. The first-order chi connectivity index (χ1) is 11.5. The minimum Gasteiger partial charge on any atom is -0.422 e. The van der Waals surface area contributed by atoms with Crippen LogP contribution < -0.4 is 4.74 Å². The summed E-state index contributed by atoms with van der Waals surface area (Å²) in [5.74, 6) is 0.720. The van der Waals surface area contributed by atoms with Crippen molar-refractivity contribution in [2.24, 2.45) is 0 Å². The van der Waals surface area contributed by atoms with Crippen molar-refractivity contribution < 1.29 is 9.53 Å². The summed E-state index contributed by atoms with van der Waals surface area (Å²) in [7, 11) is 0. The van der Waals surface area contributed by atoms with Crippen molar-refractivity contribution >= 4 is 5.97 Å². The van der Waals surface area contributed by atoms with E-state index in [-0.39, 0.29) is 0 Å². The van der Waals surface area contributed by atoms with Crippen LogP contribution in [0.2, 0.25) is 0 Å². The Morgan fingerprint density at radius 3 is 2.08 bits per heavy atom. The van der Waals surface area contributed by atoms with Crippen molar-refractivity contribution in [2.45, 2.75) is 20.8 Å². The van der Waals surface area contributed by atoms with Crippen molar-refractivity contribution in [3.05, 3.63) is 77.1 Å². The second-order valence-corrected chi connectivity index (χ2v) is 5.78. The van der Waals surface area contributed by atoms with Crippen molar-refractivity contribution in [2.75, 3.05) is 0 Å². The second-order valence-electron chi connectivity index (χ2n) is 5.78. The van der Waals surface area contributed by atoms with Gasteiger partial charge in [0.1, 0.15) is 5.75 Å². The number of esters is 1. The van der Waals surface area contributed by atoms with Gasteiger partial charge in [0.2, 0.25) is 0 Å². The highest BCUT2D eigenvalue weighted by atomic mass is 16.5. The van der Waals surface area contributed by atoms with Crippen molar-refractivity contribution in [3.63, 3.8) is 0 Å². The lowest BCUT2D eigenvalue weighted by Gasteiger charge is -2.11. The van der Waals surface area contributed by atoms with Gasteiger partial charge in [-0.05, 0) is 31.9 Å². The topological polar surface area (TPSA) is 52.1 Å². The first kappa shape index (κ1) is 15.9. The van der Waals surface area contributed by atoms with Gasteiger partial charge in [0, 0.05) is 18.0 Å². The predicted octanol–water partition coefficient (Wildman–Crippen LogP) is 4.29. The summed E-state index contributed by atoms with van der Waals surface area (Å²) in [6.45, 7) is 5.87. The normalized spacial score (nSPS) is 10.5. The maximum atomic E-state index is 12.3. The van der Waals surface area contributed by atoms with Crippen LogP contribution in [0.15, 0.2) is 54.9 Å². The van der Waals surface area contributed by atoms with Crippen LogP contribution in [-0.4, -0.2) is 15.9 Å². The first-order valence-corrected chi connectivity index (χ1v) is 7.72. The predicted molar refractivity (Wildman–Crippen MR) is 93.1 cm³/mol. The van der Waals surface area contributed by atoms with Crippen LogP contribution in [0, 0.1) is 20.8 Å². The fraction of sp³-hybridized carbons (Fsp3) is 0.150. The fourth-order valence-corrected chi connectivity index (χ4v) is 2.65. The summed E-state index contributed by atoms with van der Waals surface area (Å²) in [4.78, 5) is 20.9. The number of rotatable bonds is 3. The Bertz CT molecular complexity index is 849. The molecule has 0 saturated heterocycles. The van der Waals surface area contributed by atoms with Gasteiger partial charge in [0.25, 0.3) is 0 Å². The smallest absolute Gasteiger partial charge is 0.346 e. The molecule has 0 N–H and O–H groups in total. The molecule has 1 aromatic heterocycles. The quantitative estimate of drug-likeness (QED) is 0.534. The molecular formula is C20H18N2O2. The molecule has 0 bridgehead atoms. The maximum Gasteiger partial charge on any atom is 0.346 e. The molecule has 3 rings (SSSR count). The van der Waals surface area contributed by atoms with Crippen LogP contribution in [0.3, 0.4) is 0 Å². The van der Waals surface area contributed by atoms with Crippen LogP contribution in [0.25, 0.3) is 11.4 Å². The number of benzene rings is 2. The second kappa shape index (κ2) is 6.62. The number of hydrogen-bond acceptors (Lipinski definition) is 4. The van der Waals surface area contributed by atoms with E-state index in [1.165, 1.54) is 12.4 Å². The van der Waals surface area contributed by atoms with Crippen LogP contribution in [0.5, 0.6) is 5.75 Å². The van der Waals surface area contributed by atoms with Gasteiger partial charge in [0.05, 0.1) is 5.56 Å². The van der Waals surface area contributed by atoms with Gasteiger partial charge in [-0.3, -0.25) is 0 Å². The van der Waals surface area contributed by atoms with Crippen LogP contribution in [0.4, 0.5) is 0 Å². The molecular weight excluding hydrogens is 300 g/mol. The SMILES string of the molecule is Cc1cc(C)c(OC(=O)c2cnc(-c3ccccc3)nc2)c(C)c1. The molecule has 0 aliphatic carbocycles. The van der Waals surface area contributed by atoms with E-state index in [0.29, 0.717) is 17.1 Å². The van der Waals surface area contributed by atoms with Gasteiger partial charge in [-0.1, -0.05) is 48.0 Å². The molecule has 0 saturated carbocycles. The molecule has 0 radical (unpaired) electrons. The lowest BCUT2D eigenvalue weighted by molar-refractivity contribution is 0.0731. The number of carbonyl (C=O) groups excluding carboxylic acids is 1. The van der Waals surface area contributed by atoms with E-state index in [4.69, 9.17) is 4.74 Å². The van der Waals surface area contributed by atoms with Gasteiger partial charge < -0.3 is 4.74 Å². The Balaban J connectivity index is 1.81. The summed E-state index contributed by atoms with van der Waals surface area (Å²) in [6.07, 6.45) is 2.99. The van der Waals surface area contributed by atoms with Gasteiger partial charge in [-0.25, -0.2) is 14.8 Å². The minimum atomic E-state index is -0.454. The molecule has 0 unspecified atom stereocenters. The van der Waals surface area contributed by atoms with Crippen LogP contribution in [0.1, 0.15) is 27.0 Å². The molecule has 120 valence electrons. The van der Waals surface area contributed by atoms with E-state index in [0.717, 1.165) is 22.3 Å². The summed E-state index contributed by atoms with van der Waals surface area (Å²) in [6, 6.07) is 13.6. The monoisotopic (exact) mass is 318 g/mol. The number of aromatic nitrogens is 2. The minimum absolute atomic E-state index is 0.328. The van der Waals surface area contributed by atoms with E-state index in [1.54, 1.807) is 0 Å². The average Bonchev–Trinajstić information content (AvgIpc) is 2.59. The van der Waals surface area contributed by atoms with Gasteiger partial charge >= 0.3 is 5.97 Å². The van der Waals surface area contributed by atoms with Crippen molar-refractivity contribution in [1.29, 1.82) is 0 Å². The number of aryl methyl sites for hydroxylation is 3. The molecule has 24 heavy (non-hydrogen) atoms. The maximum absolute atomic E-state index is 12.3. The zero-order chi connectivity index (χ0) is 17.1. The molecule has 0 aliphatic rings. The summed E-state index contributed by atoms with van der Waals surface area (Å²) >= 11 is 0.